The number of anilines is 1. The van der Waals surface area contributed by atoms with Crippen LogP contribution in [-0.2, 0) is 9.59 Å². The normalized spacial score (nSPS) is 16.8. The molecule has 0 spiro atoms. The second-order valence-corrected chi connectivity index (χ2v) is 7.31. The number of carbonyl (C=O) groups excluding carboxylic acids is 2. The Labute approximate surface area is 160 Å². The minimum absolute atomic E-state index is 0.300. The van der Waals surface area contributed by atoms with E-state index in [9.17, 15) is 14.0 Å². The first-order valence-electron chi connectivity index (χ1n) is 7.84. The zero-order valence-electron chi connectivity index (χ0n) is 13.8. The summed E-state index contributed by atoms with van der Waals surface area (Å²) >= 11 is 6.46. The molecule has 2 amide bonds. The number of benzene rings is 2. The summed E-state index contributed by atoms with van der Waals surface area (Å²) in [5.74, 6) is -1.08. The first-order chi connectivity index (χ1) is 12.5. The maximum Gasteiger partial charge on any atom is 0.266 e. The lowest BCUT2D eigenvalue weighted by Gasteiger charge is -2.22. The van der Waals surface area contributed by atoms with Crippen LogP contribution in [0.1, 0.15) is 12.5 Å². The standard InChI is InChI=1S/C19H15FN2O2S2/c1-12(17(23)21-15-9-7-14(20)8-10-15)22-18(24)16(26-19(22)25)11-13-5-3-2-4-6-13/h2-12H,1H3,(H,21,23)/b16-11-. The Morgan fingerprint density at radius 1 is 1.19 bits per heavy atom. The van der Waals surface area contributed by atoms with Crippen molar-refractivity contribution in [2.45, 2.75) is 13.0 Å². The molecule has 0 aliphatic carbocycles. The molecule has 132 valence electrons. The van der Waals surface area contributed by atoms with Gasteiger partial charge in [-0.25, -0.2) is 4.39 Å². The number of thioether (sulfide) groups is 1. The molecule has 0 bridgehead atoms. The molecule has 26 heavy (non-hydrogen) atoms. The van der Waals surface area contributed by atoms with Crippen LogP contribution in [0.5, 0.6) is 0 Å². The van der Waals surface area contributed by atoms with E-state index in [2.05, 4.69) is 5.32 Å². The van der Waals surface area contributed by atoms with Gasteiger partial charge in [0.05, 0.1) is 4.91 Å². The quantitative estimate of drug-likeness (QED) is 0.636. The summed E-state index contributed by atoms with van der Waals surface area (Å²) in [6.07, 6.45) is 1.75. The fourth-order valence-electron chi connectivity index (χ4n) is 2.41. The number of thiocarbonyl (C=S) groups is 1. The Morgan fingerprint density at radius 2 is 1.85 bits per heavy atom. The molecule has 4 nitrogen and oxygen atoms in total. The van der Waals surface area contributed by atoms with E-state index in [1.807, 2.05) is 30.3 Å². The Kier molecular flexibility index (Phi) is 5.49. The highest BCUT2D eigenvalue weighted by molar-refractivity contribution is 8.26. The van der Waals surface area contributed by atoms with Crippen LogP contribution >= 0.6 is 24.0 Å². The van der Waals surface area contributed by atoms with Crippen molar-refractivity contribution in [3.05, 3.63) is 70.9 Å². The third kappa shape index (κ3) is 4.00. The summed E-state index contributed by atoms with van der Waals surface area (Å²) in [4.78, 5) is 26.9. The summed E-state index contributed by atoms with van der Waals surface area (Å²) in [7, 11) is 0. The lowest BCUT2D eigenvalue weighted by atomic mass is 10.2. The number of nitrogens with one attached hydrogen (secondary N) is 1. The third-order valence-electron chi connectivity index (χ3n) is 3.80. The number of hydrogen-bond acceptors (Lipinski definition) is 4. The van der Waals surface area contributed by atoms with Gasteiger partial charge in [-0.05, 0) is 42.8 Å². The minimum Gasteiger partial charge on any atom is -0.324 e. The van der Waals surface area contributed by atoms with Crippen LogP contribution in [0.2, 0.25) is 0 Å². The number of nitrogens with zero attached hydrogens (tertiary/aromatic N) is 1. The van der Waals surface area contributed by atoms with E-state index in [1.165, 1.54) is 40.9 Å². The molecule has 3 rings (SSSR count). The van der Waals surface area contributed by atoms with E-state index in [-0.39, 0.29) is 11.7 Å². The Balaban J connectivity index is 1.74. The molecule has 2 aromatic rings. The van der Waals surface area contributed by atoms with Gasteiger partial charge in [-0.2, -0.15) is 0 Å². The number of amides is 2. The fourth-order valence-corrected chi connectivity index (χ4v) is 3.83. The first kappa shape index (κ1) is 18.3. The summed E-state index contributed by atoms with van der Waals surface area (Å²) < 4.78 is 13.3. The van der Waals surface area contributed by atoms with Gasteiger partial charge in [0.2, 0.25) is 5.91 Å². The largest absolute Gasteiger partial charge is 0.324 e. The van der Waals surface area contributed by atoms with E-state index in [4.69, 9.17) is 12.2 Å². The number of hydrogen-bond donors (Lipinski definition) is 1. The molecule has 1 aliphatic heterocycles. The highest BCUT2D eigenvalue weighted by atomic mass is 32.2. The van der Waals surface area contributed by atoms with Crippen molar-refractivity contribution in [3.63, 3.8) is 0 Å². The molecule has 1 heterocycles. The monoisotopic (exact) mass is 386 g/mol. The van der Waals surface area contributed by atoms with Gasteiger partial charge in [0, 0.05) is 5.69 Å². The Morgan fingerprint density at radius 3 is 2.50 bits per heavy atom. The van der Waals surface area contributed by atoms with E-state index < -0.39 is 11.9 Å². The van der Waals surface area contributed by atoms with Crippen molar-refractivity contribution in [1.82, 2.24) is 4.90 Å². The molecule has 1 saturated heterocycles. The number of halogens is 1. The van der Waals surface area contributed by atoms with E-state index in [1.54, 1.807) is 13.0 Å². The van der Waals surface area contributed by atoms with Crippen LogP contribution in [-0.4, -0.2) is 27.1 Å². The highest BCUT2D eigenvalue weighted by Gasteiger charge is 2.38. The van der Waals surface area contributed by atoms with Gasteiger partial charge in [-0.15, -0.1) is 0 Å². The van der Waals surface area contributed by atoms with Gasteiger partial charge >= 0.3 is 0 Å². The molecule has 1 aliphatic rings. The number of rotatable bonds is 4. The van der Waals surface area contributed by atoms with Crippen molar-refractivity contribution in [3.8, 4) is 0 Å². The summed E-state index contributed by atoms with van der Waals surface area (Å²) in [6, 6.07) is 14.1. The predicted molar refractivity (Wildman–Crippen MR) is 106 cm³/mol. The molecular weight excluding hydrogens is 371 g/mol. The maximum atomic E-state index is 13.0. The van der Waals surface area contributed by atoms with Crippen LogP contribution in [0.4, 0.5) is 10.1 Å². The fraction of sp³-hybridized carbons (Fsp3) is 0.105. The van der Waals surface area contributed by atoms with Crippen LogP contribution in [0.25, 0.3) is 6.08 Å². The van der Waals surface area contributed by atoms with E-state index in [0.717, 1.165) is 5.56 Å². The number of carbonyl (C=O) groups is 2. The van der Waals surface area contributed by atoms with Gasteiger partial charge < -0.3 is 5.32 Å². The summed E-state index contributed by atoms with van der Waals surface area (Å²) in [6.45, 7) is 1.61. The average Bonchev–Trinajstić information content (AvgIpc) is 2.90. The molecule has 1 fully saturated rings. The Hall–Kier alpha value is -2.51. The summed E-state index contributed by atoms with van der Waals surface area (Å²) in [5.41, 5.74) is 1.34. The van der Waals surface area contributed by atoms with Crippen LogP contribution in [0, 0.1) is 5.82 Å². The molecular formula is C19H15FN2O2S2. The topological polar surface area (TPSA) is 49.4 Å². The van der Waals surface area contributed by atoms with Gasteiger partial charge in [0.1, 0.15) is 16.2 Å². The van der Waals surface area contributed by atoms with Crippen molar-refractivity contribution < 1.29 is 14.0 Å². The van der Waals surface area contributed by atoms with Gasteiger partial charge in [-0.1, -0.05) is 54.3 Å². The molecule has 0 radical (unpaired) electrons. The van der Waals surface area contributed by atoms with Crippen molar-refractivity contribution in [2.24, 2.45) is 0 Å². The van der Waals surface area contributed by atoms with E-state index >= 15 is 0 Å². The van der Waals surface area contributed by atoms with Gasteiger partial charge in [0.25, 0.3) is 5.91 Å². The predicted octanol–water partition coefficient (Wildman–Crippen LogP) is 4.05. The maximum absolute atomic E-state index is 13.0. The van der Waals surface area contributed by atoms with Crippen LogP contribution < -0.4 is 5.32 Å². The highest BCUT2D eigenvalue weighted by Crippen LogP contribution is 2.34. The van der Waals surface area contributed by atoms with Crippen molar-refractivity contribution in [2.75, 3.05) is 5.32 Å². The lowest BCUT2D eigenvalue weighted by molar-refractivity contribution is -0.129. The molecule has 0 aromatic heterocycles. The summed E-state index contributed by atoms with van der Waals surface area (Å²) in [5, 5.41) is 2.66. The first-order valence-corrected chi connectivity index (χ1v) is 9.07. The second-order valence-electron chi connectivity index (χ2n) is 5.63. The van der Waals surface area contributed by atoms with Gasteiger partial charge in [-0.3, -0.25) is 14.5 Å². The molecule has 0 saturated carbocycles. The van der Waals surface area contributed by atoms with Crippen LogP contribution in [0.3, 0.4) is 0 Å². The van der Waals surface area contributed by atoms with Gasteiger partial charge in [0.15, 0.2) is 0 Å². The van der Waals surface area contributed by atoms with Crippen LogP contribution in [0.15, 0.2) is 59.5 Å². The molecule has 1 N–H and O–H groups in total. The SMILES string of the molecule is CC(C(=O)Nc1ccc(F)cc1)N1C(=O)/C(=C/c2ccccc2)SC1=S. The smallest absolute Gasteiger partial charge is 0.266 e. The van der Waals surface area contributed by atoms with Crippen molar-refractivity contribution >= 4 is 51.9 Å². The zero-order chi connectivity index (χ0) is 18.7. The lowest BCUT2D eigenvalue weighted by Crippen LogP contribution is -2.44. The Bertz CT molecular complexity index is 882. The minimum atomic E-state index is -0.783. The zero-order valence-corrected chi connectivity index (χ0v) is 15.4. The average molecular weight is 386 g/mol. The van der Waals surface area contributed by atoms with E-state index in [0.29, 0.717) is 14.9 Å². The second kappa shape index (κ2) is 7.80. The molecule has 1 atom stereocenters. The molecule has 2 aromatic carbocycles. The molecule has 1 unspecified atom stereocenters. The third-order valence-corrected chi connectivity index (χ3v) is 5.13. The van der Waals surface area contributed by atoms with Crippen molar-refractivity contribution in [1.29, 1.82) is 0 Å². The molecule has 7 heteroatoms.